The Hall–Kier alpha value is -1.32. The molecule has 3 N–H and O–H groups in total. The first-order chi connectivity index (χ1) is 8.60. The van der Waals surface area contributed by atoms with Crippen molar-refractivity contribution >= 4 is 10.0 Å². The van der Waals surface area contributed by atoms with E-state index < -0.39 is 28.2 Å². The van der Waals surface area contributed by atoms with Crippen LogP contribution in [0.2, 0.25) is 0 Å². The monoisotopic (exact) mass is 298 g/mol. The molecule has 19 heavy (non-hydrogen) atoms. The number of ether oxygens (including phenoxy) is 1. The van der Waals surface area contributed by atoms with Gasteiger partial charge in [-0.3, -0.25) is 0 Å². The molecule has 0 aromatic heterocycles. The lowest BCUT2D eigenvalue weighted by molar-refractivity contribution is -0.274. The van der Waals surface area contributed by atoms with Crippen molar-refractivity contribution in [1.29, 1.82) is 0 Å². The average Bonchev–Trinajstić information content (AvgIpc) is 2.24. The number of benzene rings is 1. The molecule has 0 bridgehead atoms. The molecule has 0 fully saturated rings. The first-order valence-electron chi connectivity index (χ1n) is 5.21. The van der Waals surface area contributed by atoms with Crippen molar-refractivity contribution in [2.75, 3.05) is 6.54 Å². The van der Waals surface area contributed by atoms with Crippen LogP contribution in [0.1, 0.15) is 6.92 Å². The first kappa shape index (κ1) is 15.7. The van der Waals surface area contributed by atoms with Crippen LogP contribution in [0.4, 0.5) is 13.2 Å². The molecule has 0 spiro atoms. The van der Waals surface area contributed by atoms with Gasteiger partial charge in [0, 0.05) is 18.7 Å². The maximum Gasteiger partial charge on any atom is 0.573 e. The summed E-state index contributed by atoms with van der Waals surface area (Å²) in [5.74, 6) is -0.601. The van der Waals surface area contributed by atoms with E-state index in [2.05, 4.69) is 9.46 Å². The van der Waals surface area contributed by atoms with Gasteiger partial charge in [-0.25, -0.2) is 13.1 Å². The maximum absolute atomic E-state index is 12.0. The van der Waals surface area contributed by atoms with Crippen molar-refractivity contribution in [2.24, 2.45) is 5.73 Å². The Bertz CT molecular complexity index is 529. The first-order valence-corrected chi connectivity index (χ1v) is 6.69. The van der Waals surface area contributed by atoms with E-state index in [1.807, 2.05) is 0 Å². The van der Waals surface area contributed by atoms with Gasteiger partial charge >= 0.3 is 6.36 Å². The highest BCUT2D eigenvalue weighted by Crippen LogP contribution is 2.24. The van der Waals surface area contributed by atoms with E-state index in [1.165, 1.54) is 0 Å². The van der Waals surface area contributed by atoms with Crippen molar-refractivity contribution in [3.8, 4) is 5.75 Å². The number of nitrogens with two attached hydrogens (primary N) is 1. The number of sulfonamides is 1. The molecule has 0 aliphatic carbocycles. The van der Waals surface area contributed by atoms with Gasteiger partial charge in [0.2, 0.25) is 10.0 Å². The molecule has 0 saturated heterocycles. The van der Waals surface area contributed by atoms with Crippen LogP contribution < -0.4 is 15.2 Å². The number of nitrogens with one attached hydrogen (secondary N) is 1. The third-order valence-corrected chi connectivity index (χ3v) is 3.37. The minimum atomic E-state index is -4.87. The Morgan fingerprint density at radius 1 is 1.42 bits per heavy atom. The quantitative estimate of drug-likeness (QED) is 0.856. The van der Waals surface area contributed by atoms with Crippen LogP contribution in [-0.2, 0) is 10.0 Å². The molecular formula is C10H13F3N2O3S. The van der Waals surface area contributed by atoms with Crippen molar-refractivity contribution in [1.82, 2.24) is 4.72 Å². The van der Waals surface area contributed by atoms with Gasteiger partial charge in [0.1, 0.15) is 5.75 Å². The van der Waals surface area contributed by atoms with Crippen molar-refractivity contribution in [3.05, 3.63) is 24.3 Å². The van der Waals surface area contributed by atoms with Crippen LogP contribution in [-0.4, -0.2) is 27.4 Å². The van der Waals surface area contributed by atoms with E-state index in [4.69, 9.17) is 5.73 Å². The molecule has 1 atom stereocenters. The van der Waals surface area contributed by atoms with E-state index in [0.717, 1.165) is 24.3 Å². The van der Waals surface area contributed by atoms with Gasteiger partial charge < -0.3 is 10.5 Å². The lowest BCUT2D eigenvalue weighted by Gasteiger charge is -2.11. The van der Waals surface area contributed by atoms with Crippen molar-refractivity contribution in [2.45, 2.75) is 24.2 Å². The van der Waals surface area contributed by atoms with E-state index in [9.17, 15) is 21.6 Å². The summed E-state index contributed by atoms with van der Waals surface area (Å²) in [5, 5.41) is 0. The minimum absolute atomic E-state index is 0.0211. The second kappa shape index (κ2) is 5.76. The summed E-state index contributed by atoms with van der Waals surface area (Å²) < 4.78 is 65.4. The zero-order valence-electron chi connectivity index (χ0n) is 9.94. The van der Waals surface area contributed by atoms with Gasteiger partial charge in [0.15, 0.2) is 0 Å². The van der Waals surface area contributed by atoms with Gasteiger partial charge in [-0.1, -0.05) is 6.07 Å². The number of alkyl halides is 3. The maximum atomic E-state index is 12.0. The fourth-order valence-electron chi connectivity index (χ4n) is 1.16. The van der Waals surface area contributed by atoms with E-state index in [1.54, 1.807) is 6.92 Å². The van der Waals surface area contributed by atoms with Crippen molar-refractivity contribution < 1.29 is 26.3 Å². The van der Waals surface area contributed by atoms with Crippen LogP contribution in [0.15, 0.2) is 29.2 Å². The Labute approximate surface area is 108 Å². The molecule has 0 saturated carbocycles. The third kappa shape index (κ3) is 5.45. The highest BCUT2D eigenvalue weighted by atomic mass is 32.2. The molecule has 0 amide bonds. The molecule has 0 radical (unpaired) electrons. The molecule has 0 aliphatic heterocycles. The highest BCUT2D eigenvalue weighted by molar-refractivity contribution is 7.89. The van der Waals surface area contributed by atoms with Crippen LogP contribution in [0.3, 0.4) is 0 Å². The highest BCUT2D eigenvalue weighted by Gasteiger charge is 2.31. The normalized spacial score (nSPS) is 14.2. The fraction of sp³-hybridized carbons (Fsp3) is 0.400. The van der Waals surface area contributed by atoms with E-state index in [0.29, 0.717) is 0 Å². The number of hydrogen-bond acceptors (Lipinski definition) is 4. The average molecular weight is 298 g/mol. The van der Waals surface area contributed by atoms with Crippen molar-refractivity contribution in [3.63, 3.8) is 0 Å². The molecule has 5 nitrogen and oxygen atoms in total. The molecule has 0 aliphatic rings. The van der Waals surface area contributed by atoms with Crippen LogP contribution in [0, 0.1) is 0 Å². The van der Waals surface area contributed by atoms with Gasteiger partial charge in [-0.05, 0) is 19.1 Å². The molecule has 1 unspecified atom stereocenters. The summed E-state index contributed by atoms with van der Waals surface area (Å²) in [4.78, 5) is -0.324. The van der Waals surface area contributed by atoms with Gasteiger partial charge in [-0.2, -0.15) is 0 Å². The molecule has 1 aromatic rings. The molecule has 1 rings (SSSR count). The number of halogens is 3. The summed E-state index contributed by atoms with van der Waals surface area (Å²) in [6, 6.07) is 3.70. The molecular weight excluding hydrogens is 285 g/mol. The van der Waals surface area contributed by atoms with Gasteiger partial charge in [-0.15, -0.1) is 13.2 Å². The lowest BCUT2D eigenvalue weighted by Crippen LogP contribution is -2.35. The number of hydrogen-bond donors (Lipinski definition) is 2. The predicted octanol–water partition coefficient (Wildman–Crippen LogP) is 1.21. The second-order valence-corrected chi connectivity index (χ2v) is 5.62. The Morgan fingerprint density at radius 3 is 2.58 bits per heavy atom. The Kier molecular flexibility index (Phi) is 4.77. The third-order valence-electron chi connectivity index (χ3n) is 1.94. The smallest absolute Gasteiger partial charge is 0.406 e. The fourth-order valence-corrected chi connectivity index (χ4v) is 2.34. The van der Waals surface area contributed by atoms with E-state index in [-0.39, 0.29) is 11.4 Å². The van der Waals surface area contributed by atoms with Gasteiger partial charge in [0.05, 0.1) is 4.90 Å². The summed E-state index contributed by atoms with van der Waals surface area (Å²) in [6.07, 6.45) is -4.87. The van der Waals surface area contributed by atoms with Crippen LogP contribution >= 0.6 is 0 Å². The van der Waals surface area contributed by atoms with Crippen LogP contribution in [0.25, 0.3) is 0 Å². The molecule has 9 heteroatoms. The summed E-state index contributed by atoms with van der Waals surface area (Å²) in [6.45, 7) is 1.57. The second-order valence-electron chi connectivity index (χ2n) is 3.85. The Morgan fingerprint density at radius 2 is 2.05 bits per heavy atom. The summed E-state index contributed by atoms with van der Waals surface area (Å²) >= 11 is 0. The molecule has 1 aromatic carbocycles. The summed E-state index contributed by atoms with van der Waals surface area (Å²) in [7, 11) is -3.91. The minimum Gasteiger partial charge on any atom is -0.406 e. The van der Waals surface area contributed by atoms with Gasteiger partial charge in [0.25, 0.3) is 0 Å². The zero-order chi connectivity index (χ0) is 14.7. The largest absolute Gasteiger partial charge is 0.573 e. The topological polar surface area (TPSA) is 81.4 Å². The van der Waals surface area contributed by atoms with Crippen LogP contribution in [0.5, 0.6) is 5.75 Å². The van der Waals surface area contributed by atoms with E-state index >= 15 is 0 Å². The standard InChI is InChI=1S/C10H13F3N2O3S/c1-7(14)6-15-19(16,17)9-4-2-3-8(5-9)18-10(11,12)13/h2-5,7,15H,6,14H2,1H3. The zero-order valence-corrected chi connectivity index (χ0v) is 10.8. The molecule has 108 valence electrons. The summed E-state index contributed by atoms with van der Waals surface area (Å²) in [5.41, 5.74) is 5.39. The molecule has 0 heterocycles. The predicted molar refractivity (Wildman–Crippen MR) is 62.0 cm³/mol. The Balaban J connectivity index is 2.92. The lowest BCUT2D eigenvalue weighted by atomic mass is 10.3. The number of rotatable bonds is 5. The SMILES string of the molecule is CC(N)CNS(=O)(=O)c1cccc(OC(F)(F)F)c1.